The Kier molecular flexibility index (Phi) is 5.32. The van der Waals surface area contributed by atoms with Gasteiger partial charge in [0.2, 0.25) is 0 Å². The molecule has 2 nitrogen and oxygen atoms in total. The van der Waals surface area contributed by atoms with Gasteiger partial charge in [-0.25, -0.2) is 0 Å². The molecule has 0 atom stereocenters. The van der Waals surface area contributed by atoms with E-state index in [1.807, 2.05) is 21.7 Å². The van der Waals surface area contributed by atoms with Crippen molar-refractivity contribution in [2.45, 2.75) is 26.3 Å². The smallest absolute Gasteiger partial charge is 0.254 e. The molecule has 1 aromatic rings. The minimum atomic E-state index is 0.146. The summed E-state index contributed by atoms with van der Waals surface area (Å²) in [5, 5.41) is 4.79. The van der Waals surface area contributed by atoms with Gasteiger partial charge in [-0.1, -0.05) is 15.9 Å². The van der Waals surface area contributed by atoms with E-state index in [2.05, 4.69) is 29.8 Å². The van der Waals surface area contributed by atoms with E-state index in [1.165, 1.54) is 0 Å². The summed E-state index contributed by atoms with van der Waals surface area (Å²) >= 11 is 4.95. The number of hydrogen-bond donors (Lipinski definition) is 0. The van der Waals surface area contributed by atoms with Crippen LogP contribution in [0.2, 0.25) is 0 Å². The van der Waals surface area contributed by atoms with Gasteiger partial charge in [0.15, 0.2) is 0 Å². The van der Waals surface area contributed by atoms with Gasteiger partial charge in [-0.15, -0.1) is 0 Å². The predicted molar refractivity (Wildman–Crippen MR) is 68.9 cm³/mol. The highest BCUT2D eigenvalue weighted by molar-refractivity contribution is 9.09. The normalized spacial score (nSPS) is 10.7. The van der Waals surface area contributed by atoms with Gasteiger partial charge in [0.25, 0.3) is 5.91 Å². The Hall–Kier alpha value is -0.350. The van der Waals surface area contributed by atoms with E-state index in [0.29, 0.717) is 0 Å². The summed E-state index contributed by atoms with van der Waals surface area (Å²) in [6, 6.07) is 2.15. The van der Waals surface area contributed by atoms with Gasteiger partial charge in [-0.3, -0.25) is 4.79 Å². The largest absolute Gasteiger partial charge is 0.336 e. The SMILES string of the molecule is CC(C)N(CCCBr)C(=O)c1ccsc1. The molecule has 0 aliphatic rings. The molecule has 0 saturated heterocycles. The molecule has 1 aromatic heterocycles. The molecule has 1 amide bonds. The van der Waals surface area contributed by atoms with Gasteiger partial charge >= 0.3 is 0 Å². The van der Waals surface area contributed by atoms with Crippen LogP contribution in [-0.4, -0.2) is 28.7 Å². The molecule has 1 heterocycles. The third kappa shape index (κ3) is 3.61. The summed E-state index contributed by atoms with van der Waals surface area (Å²) in [7, 11) is 0. The van der Waals surface area contributed by atoms with Crippen molar-refractivity contribution in [2.24, 2.45) is 0 Å². The molecule has 0 aliphatic heterocycles. The maximum Gasteiger partial charge on any atom is 0.254 e. The fourth-order valence-electron chi connectivity index (χ4n) is 1.38. The molecular formula is C11H16BrNOS. The molecule has 1 rings (SSSR count). The monoisotopic (exact) mass is 289 g/mol. The lowest BCUT2D eigenvalue weighted by Crippen LogP contribution is -2.37. The lowest BCUT2D eigenvalue weighted by atomic mass is 10.2. The molecule has 4 heteroatoms. The van der Waals surface area contributed by atoms with Crippen LogP contribution in [0, 0.1) is 0 Å². The van der Waals surface area contributed by atoms with E-state index < -0.39 is 0 Å². The summed E-state index contributed by atoms with van der Waals surface area (Å²) in [4.78, 5) is 14.0. The zero-order valence-corrected chi connectivity index (χ0v) is 11.5. The predicted octanol–water partition coefficient (Wildman–Crippen LogP) is 3.38. The summed E-state index contributed by atoms with van der Waals surface area (Å²) in [5.74, 6) is 0.146. The Labute approximate surface area is 103 Å². The number of carbonyl (C=O) groups is 1. The first-order chi connectivity index (χ1) is 7.16. The minimum absolute atomic E-state index is 0.146. The van der Waals surface area contributed by atoms with E-state index >= 15 is 0 Å². The van der Waals surface area contributed by atoms with E-state index in [-0.39, 0.29) is 11.9 Å². The summed E-state index contributed by atoms with van der Waals surface area (Å²) in [6.45, 7) is 4.93. The van der Waals surface area contributed by atoms with Gasteiger partial charge < -0.3 is 4.90 Å². The zero-order chi connectivity index (χ0) is 11.3. The maximum absolute atomic E-state index is 12.1. The second-order valence-electron chi connectivity index (χ2n) is 3.65. The number of thiophene rings is 1. The zero-order valence-electron chi connectivity index (χ0n) is 9.07. The highest BCUT2D eigenvalue weighted by atomic mass is 79.9. The third-order valence-corrected chi connectivity index (χ3v) is 3.43. The molecule has 15 heavy (non-hydrogen) atoms. The van der Waals surface area contributed by atoms with Crippen molar-refractivity contribution in [3.05, 3.63) is 22.4 Å². The molecule has 0 radical (unpaired) electrons. The Morgan fingerprint density at radius 2 is 2.33 bits per heavy atom. The Bertz CT molecular complexity index is 298. The van der Waals surface area contributed by atoms with Crippen LogP contribution in [0.1, 0.15) is 30.6 Å². The molecule has 84 valence electrons. The highest BCUT2D eigenvalue weighted by Gasteiger charge is 2.18. The standard InChI is InChI=1S/C11H16BrNOS/c1-9(2)13(6-3-5-12)11(14)10-4-7-15-8-10/h4,7-9H,3,5-6H2,1-2H3. The van der Waals surface area contributed by atoms with Crippen LogP contribution in [0.4, 0.5) is 0 Å². The van der Waals surface area contributed by atoms with Crippen molar-refractivity contribution in [1.82, 2.24) is 4.90 Å². The molecule has 0 aliphatic carbocycles. The van der Waals surface area contributed by atoms with Gasteiger partial charge in [0.1, 0.15) is 0 Å². The molecule has 0 unspecified atom stereocenters. The van der Waals surface area contributed by atoms with Crippen LogP contribution in [-0.2, 0) is 0 Å². The second-order valence-corrected chi connectivity index (χ2v) is 5.22. The first kappa shape index (κ1) is 12.7. The van der Waals surface area contributed by atoms with Crippen molar-refractivity contribution >= 4 is 33.2 Å². The summed E-state index contributed by atoms with van der Waals surface area (Å²) < 4.78 is 0. The van der Waals surface area contributed by atoms with Crippen molar-refractivity contribution < 1.29 is 4.79 Å². The summed E-state index contributed by atoms with van der Waals surface area (Å²) in [6.07, 6.45) is 0.994. The Morgan fingerprint density at radius 3 is 2.80 bits per heavy atom. The highest BCUT2D eigenvalue weighted by Crippen LogP contribution is 2.12. The van der Waals surface area contributed by atoms with E-state index in [9.17, 15) is 4.79 Å². The number of halogens is 1. The lowest BCUT2D eigenvalue weighted by molar-refractivity contribution is 0.0707. The Balaban J connectivity index is 2.67. The molecule has 0 spiro atoms. The first-order valence-electron chi connectivity index (χ1n) is 5.06. The van der Waals surface area contributed by atoms with Gasteiger partial charge in [-0.2, -0.15) is 11.3 Å². The van der Waals surface area contributed by atoms with Crippen molar-refractivity contribution in [3.63, 3.8) is 0 Å². The third-order valence-electron chi connectivity index (χ3n) is 2.18. The average Bonchev–Trinajstić information content (AvgIpc) is 2.70. The lowest BCUT2D eigenvalue weighted by Gasteiger charge is -2.26. The summed E-state index contributed by atoms with van der Waals surface area (Å²) in [5.41, 5.74) is 0.809. The van der Waals surface area contributed by atoms with Crippen LogP contribution in [0.5, 0.6) is 0 Å². The number of carbonyl (C=O) groups excluding carboxylic acids is 1. The van der Waals surface area contributed by atoms with Crippen LogP contribution >= 0.6 is 27.3 Å². The van der Waals surface area contributed by atoms with Crippen LogP contribution < -0.4 is 0 Å². The second kappa shape index (κ2) is 6.28. The fourth-order valence-corrected chi connectivity index (χ4v) is 2.26. The Morgan fingerprint density at radius 1 is 1.60 bits per heavy atom. The number of hydrogen-bond acceptors (Lipinski definition) is 2. The number of rotatable bonds is 5. The van der Waals surface area contributed by atoms with Crippen molar-refractivity contribution in [3.8, 4) is 0 Å². The fraction of sp³-hybridized carbons (Fsp3) is 0.545. The van der Waals surface area contributed by atoms with Crippen molar-refractivity contribution in [2.75, 3.05) is 11.9 Å². The molecule has 0 fully saturated rings. The van der Waals surface area contributed by atoms with Gasteiger partial charge in [0.05, 0.1) is 5.56 Å². The molecule has 0 N–H and O–H groups in total. The molecule has 0 bridgehead atoms. The number of nitrogens with zero attached hydrogens (tertiary/aromatic N) is 1. The van der Waals surface area contributed by atoms with Crippen LogP contribution in [0.3, 0.4) is 0 Å². The van der Waals surface area contributed by atoms with E-state index in [1.54, 1.807) is 11.3 Å². The molecular weight excluding hydrogens is 274 g/mol. The van der Waals surface area contributed by atoms with Gasteiger partial charge in [-0.05, 0) is 31.7 Å². The average molecular weight is 290 g/mol. The maximum atomic E-state index is 12.1. The topological polar surface area (TPSA) is 20.3 Å². The number of alkyl halides is 1. The molecule has 0 aromatic carbocycles. The van der Waals surface area contributed by atoms with Crippen LogP contribution in [0.15, 0.2) is 16.8 Å². The molecule has 0 saturated carbocycles. The minimum Gasteiger partial charge on any atom is -0.336 e. The van der Waals surface area contributed by atoms with Crippen LogP contribution in [0.25, 0.3) is 0 Å². The van der Waals surface area contributed by atoms with E-state index in [0.717, 1.165) is 23.9 Å². The first-order valence-corrected chi connectivity index (χ1v) is 7.12. The van der Waals surface area contributed by atoms with Crippen molar-refractivity contribution in [1.29, 1.82) is 0 Å². The van der Waals surface area contributed by atoms with E-state index in [4.69, 9.17) is 0 Å². The number of amides is 1. The quantitative estimate of drug-likeness (QED) is 0.761. The van der Waals surface area contributed by atoms with Gasteiger partial charge in [0, 0.05) is 23.3 Å².